The minimum Gasteiger partial charge on any atom is -0.341 e. The number of likely N-dealkylation sites (tertiary alicyclic amines) is 1. The number of carbonyl (C=O) groups excluding carboxylic acids is 1. The highest BCUT2D eigenvalue weighted by Crippen LogP contribution is 2.54. The molecule has 202 valence electrons. The van der Waals surface area contributed by atoms with Gasteiger partial charge in [0.05, 0.1) is 11.2 Å². The van der Waals surface area contributed by atoms with Gasteiger partial charge in [-0.3, -0.25) is 9.78 Å². The molecule has 1 aliphatic rings. The van der Waals surface area contributed by atoms with E-state index in [2.05, 4.69) is 20.9 Å². The molecule has 12 heteroatoms. The lowest BCUT2D eigenvalue weighted by molar-refractivity contribution is -0.348. The lowest BCUT2D eigenvalue weighted by Crippen LogP contribution is -2.50. The Morgan fingerprint density at radius 1 is 0.947 bits per heavy atom. The third-order valence-electron chi connectivity index (χ3n) is 6.39. The zero-order valence-corrected chi connectivity index (χ0v) is 21.9. The first-order valence-electron chi connectivity index (χ1n) is 11.3. The fraction of sp³-hybridized carbons (Fsp3) is 0.308. The second kappa shape index (κ2) is 10.5. The SMILES string of the molecule is O=C(Cc1ccncc1)N1CCC(Sc2cccc(Br)c2)(c2ccc(C(F)(C(F)(F)F)C(F)(F)F)cc2)C1. The van der Waals surface area contributed by atoms with E-state index in [1.54, 1.807) is 41.6 Å². The van der Waals surface area contributed by atoms with Crippen molar-refractivity contribution < 1.29 is 35.5 Å². The van der Waals surface area contributed by atoms with Crippen LogP contribution in [0.3, 0.4) is 0 Å². The molecule has 2 aromatic carbocycles. The Bertz CT molecular complexity index is 1270. The molecular weight excluding hydrogens is 601 g/mol. The van der Waals surface area contributed by atoms with Crippen LogP contribution in [0, 0.1) is 0 Å². The van der Waals surface area contributed by atoms with Gasteiger partial charge in [0.1, 0.15) is 0 Å². The maximum Gasteiger partial charge on any atom is 0.435 e. The number of amides is 1. The van der Waals surface area contributed by atoms with Gasteiger partial charge in [0.2, 0.25) is 5.91 Å². The molecule has 3 nitrogen and oxygen atoms in total. The van der Waals surface area contributed by atoms with Crippen LogP contribution in [-0.4, -0.2) is 41.2 Å². The number of alkyl halides is 7. The van der Waals surface area contributed by atoms with Gasteiger partial charge in [-0.25, -0.2) is 4.39 Å². The summed E-state index contributed by atoms with van der Waals surface area (Å²) < 4.78 is 94.0. The summed E-state index contributed by atoms with van der Waals surface area (Å²) in [4.78, 5) is 19.3. The Labute approximate surface area is 226 Å². The third kappa shape index (κ3) is 5.56. The number of halogens is 8. The number of benzene rings is 2. The lowest BCUT2D eigenvalue weighted by atomic mass is 9.90. The molecular formula is C26H20BrF7N2OS. The predicted molar refractivity (Wildman–Crippen MR) is 132 cm³/mol. The average molecular weight is 621 g/mol. The normalized spacial score (nSPS) is 18.6. The minimum atomic E-state index is -6.20. The van der Waals surface area contributed by atoms with Crippen molar-refractivity contribution in [1.29, 1.82) is 0 Å². The van der Waals surface area contributed by atoms with Gasteiger partial charge in [0, 0.05) is 40.4 Å². The van der Waals surface area contributed by atoms with Crippen LogP contribution in [0.5, 0.6) is 0 Å². The number of hydrogen-bond donors (Lipinski definition) is 0. The van der Waals surface area contributed by atoms with E-state index in [1.807, 2.05) is 12.1 Å². The van der Waals surface area contributed by atoms with E-state index in [0.29, 0.717) is 30.7 Å². The van der Waals surface area contributed by atoms with Crippen LogP contribution in [0.1, 0.15) is 23.1 Å². The number of rotatable bonds is 6. The monoisotopic (exact) mass is 620 g/mol. The minimum absolute atomic E-state index is 0.112. The van der Waals surface area contributed by atoms with Crippen LogP contribution >= 0.6 is 27.7 Å². The Morgan fingerprint density at radius 3 is 2.16 bits per heavy atom. The van der Waals surface area contributed by atoms with Gasteiger partial charge in [0.15, 0.2) is 0 Å². The molecule has 4 rings (SSSR count). The quantitative estimate of drug-likeness (QED) is 0.266. The molecule has 38 heavy (non-hydrogen) atoms. The molecule has 0 spiro atoms. The van der Waals surface area contributed by atoms with E-state index in [0.717, 1.165) is 27.1 Å². The maximum absolute atomic E-state index is 14.6. The number of carbonyl (C=O) groups is 1. The number of thioether (sulfide) groups is 1. The highest BCUT2D eigenvalue weighted by molar-refractivity contribution is 9.10. The van der Waals surface area contributed by atoms with Crippen molar-refractivity contribution >= 4 is 33.6 Å². The van der Waals surface area contributed by atoms with Crippen molar-refractivity contribution in [2.45, 2.75) is 40.5 Å². The standard InChI is InChI=1S/C26H20BrF7N2OS/c27-20-2-1-3-21(15-20)38-23(10-13-36(16-23)22(37)14-17-8-11-35-12-9-17)18-4-6-19(7-5-18)24(28,25(29,30)31)26(32,33)34/h1-9,11-12,15H,10,13-14,16H2. The van der Waals surface area contributed by atoms with Gasteiger partial charge in [-0.1, -0.05) is 46.3 Å². The molecule has 1 aliphatic heterocycles. The number of hydrogen-bond acceptors (Lipinski definition) is 3. The van der Waals surface area contributed by atoms with Crippen molar-refractivity contribution in [2.24, 2.45) is 0 Å². The molecule has 0 N–H and O–H groups in total. The number of nitrogens with zero attached hydrogens (tertiary/aromatic N) is 2. The smallest absolute Gasteiger partial charge is 0.341 e. The van der Waals surface area contributed by atoms with E-state index < -0.39 is 28.3 Å². The van der Waals surface area contributed by atoms with Gasteiger partial charge in [0.25, 0.3) is 0 Å². The first-order chi connectivity index (χ1) is 17.7. The summed E-state index contributed by atoms with van der Waals surface area (Å²) in [5, 5.41) is 0. The molecule has 1 fully saturated rings. The van der Waals surface area contributed by atoms with Crippen molar-refractivity contribution in [3.8, 4) is 0 Å². The van der Waals surface area contributed by atoms with Crippen molar-refractivity contribution in [2.75, 3.05) is 13.1 Å². The molecule has 0 saturated carbocycles. The molecule has 1 unspecified atom stereocenters. The highest BCUT2D eigenvalue weighted by Gasteiger charge is 2.73. The molecule has 1 saturated heterocycles. The zero-order chi connectivity index (χ0) is 27.8. The topological polar surface area (TPSA) is 33.2 Å². The number of aromatic nitrogens is 1. The molecule has 0 radical (unpaired) electrons. The second-order valence-electron chi connectivity index (χ2n) is 8.88. The molecule has 0 aliphatic carbocycles. The van der Waals surface area contributed by atoms with E-state index in [-0.39, 0.29) is 18.9 Å². The Hall–Kier alpha value is -2.60. The fourth-order valence-corrected chi connectivity index (χ4v) is 6.41. The van der Waals surface area contributed by atoms with Gasteiger partial charge in [-0.05, 0) is 47.9 Å². The van der Waals surface area contributed by atoms with Gasteiger partial charge < -0.3 is 4.90 Å². The van der Waals surface area contributed by atoms with E-state index >= 15 is 0 Å². The van der Waals surface area contributed by atoms with E-state index in [9.17, 15) is 35.5 Å². The fourth-order valence-electron chi connectivity index (χ4n) is 4.41. The highest BCUT2D eigenvalue weighted by atomic mass is 79.9. The van der Waals surface area contributed by atoms with Crippen LogP contribution in [0.4, 0.5) is 30.7 Å². The summed E-state index contributed by atoms with van der Waals surface area (Å²) in [6.45, 7) is 0.484. The first-order valence-corrected chi connectivity index (χ1v) is 12.9. The van der Waals surface area contributed by atoms with Crippen LogP contribution < -0.4 is 0 Å². The molecule has 1 aromatic heterocycles. The first kappa shape index (κ1) is 28.4. The van der Waals surface area contributed by atoms with Crippen molar-refractivity contribution in [3.63, 3.8) is 0 Å². The molecule has 1 amide bonds. The summed E-state index contributed by atoms with van der Waals surface area (Å²) in [5.74, 6) is -0.179. The molecule has 3 aromatic rings. The maximum atomic E-state index is 14.6. The Balaban J connectivity index is 1.68. The van der Waals surface area contributed by atoms with E-state index in [1.165, 1.54) is 11.8 Å². The van der Waals surface area contributed by atoms with Crippen LogP contribution in [0.25, 0.3) is 0 Å². The van der Waals surface area contributed by atoms with Crippen LogP contribution in [-0.2, 0) is 21.6 Å². The Kier molecular flexibility index (Phi) is 7.86. The second-order valence-corrected chi connectivity index (χ2v) is 11.3. The largest absolute Gasteiger partial charge is 0.435 e. The van der Waals surface area contributed by atoms with E-state index in [4.69, 9.17) is 0 Å². The summed E-state index contributed by atoms with van der Waals surface area (Å²) in [5.41, 5.74) is -5.92. The van der Waals surface area contributed by atoms with Gasteiger partial charge in [-0.15, -0.1) is 11.8 Å². The van der Waals surface area contributed by atoms with Crippen LogP contribution in [0.2, 0.25) is 0 Å². The predicted octanol–water partition coefficient (Wildman–Crippen LogP) is 7.60. The third-order valence-corrected chi connectivity index (χ3v) is 8.33. The summed E-state index contributed by atoms with van der Waals surface area (Å²) >= 11 is 4.73. The molecule has 1 atom stereocenters. The Morgan fingerprint density at radius 2 is 1.58 bits per heavy atom. The summed E-state index contributed by atoms with van der Waals surface area (Å²) in [6.07, 6.45) is -8.77. The molecule has 0 bridgehead atoms. The number of pyridine rings is 1. The summed E-state index contributed by atoms with van der Waals surface area (Å²) in [6, 6.07) is 13.9. The van der Waals surface area contributed by atoms with Crippen molar-refractivity contribution in [1.82, 2.24) is 9.88 Å². The summed E-state index contributed by atoms with van der Waals surface area (Å²) in [7, 11) is 0. The van der Waals surface area contributed by atoms with Crippen molar-refractivity contribution in [3.05, 3.63) is 94.2 Å². The zero-order valence-electron chi connectivity index (χ0n) is 19.5. The van der Waals surface area contributed by atoms with Crippen LogP contribution in [0.15, 0.2) is 82.4 Å². The molecule has 2 heterocycles. The van der Waals surface area contributed by atoms with Gasteiger partial charge in [-0.2, -0.15) is 26.3 Å². The van der Waals surface area contributed by atoms with Gasteiger partial charge >= 0.3 is 18.0 Å². The lowest BCUT2D eigenvalue weighted by Gasteiger charge is -2.32. The average Bonchev–Trinajstić information content (AvgIpc) is 3.28.